The molecule has 0 atom stereocenters. The number of hydrogen-bond donors (Lipinski definition) is 1. The van der Waals surface area contributed by atoms with E-state index in [1.807, 2.05) is 29.6 Å². The number of aromatic nitrogens is 1. The van der Waals surface area contributed by atoms with Gasteiger partial charge < -0.3 is 10.2 Å². The highest BCUT2D eigenvalue weighted by atomic mass is 32.1. The number of anilines is 1. The highest BCUT2D eigenvalue weighted by Gasteiger charge is 2.17. The fourth-order valence-electron chi connectivity index (χ4n) is 2.67. The molecule has 0 bridgehead atoms. The van der Waals surface area contributed by atoms with E-state index in [4.69, 9.17) is 0 Å². The van der Waals surface area contributed by atoms with Gasteiger partial charge in [-0.25, -0.2) is 4.39 Å². The maximum Gasteiger partial charge on any atom is 0.261 e. The van der Waals surface area contributed by atoms with Gasteiger partial charge in [-0.15, -0.1) is 11.3 Å². The molecule has 1 aromatic carbocycles. The molecule has 5 nitrogen and oxygen atoms in total. The van der Waals surface area contributed by atoms with Crippen LogP contribution in [0.25, 0.3) is 0 Å². The minimum Gasteiger partial charge on any atom is -0.351 e. The second kappa shape index (κ2) is 9.75. The lowest BCUT2D eigenvalue weighted by molar-refractivity contribution is -0.118. The quantitative estimate of drug-likeness (QED) is 0.584. The zero-order valence-electron chi connectivity index (χ0n) is 15.2. The molecule has 2 aromatic heterocycles. The third-order valence-corrected chi connectivity index (χ3v) is 4.95. The second-order valence-electron chi connectivity index (χ2n) is 6.11. The maximum absolute atomic E-state index is 13.3. The Hall–Kier alpha value is -3.06. The van der Waals surface area contributed by atoms with Gasteiger partial charge in [0.1, 0.15) is 5.82 Å². The van der Waals surface area contributed by atoms with Gasteiger partial charge in [-0.3, -0.25) is 14.6 Å². The van der Waals surface area contributed by atoms with E-state index in [2.05, 4.69) is 10.3 Å². The van der Waals surface area contributed by atoms with Crippen LogP contribution in [0, 0.1) is 5.82 Å². The van der Waals surface area contributed by atoms with E-state index < -0.39 is 0 Å². The SMILES string of the molecule is O=C(NCCCC(=O)N(Cc1ccccn1)c1ccc(F)cc1)c1cccs1. The van der Waals surface area contributed by atoms with Crippen molar-refractivity contribution in [3.05, 3.63) is 82.6 Å². The molecule has 0 saturated heterocycles. The van der Waals surface area contributed by atoms with Crippen molar-refractivity contribution in [3.63, 3.8) is 0 Å². The summed E-state index contributed by atoms with van der Waals surface area (Å²) >= 11 is 1.38. The van der Waals surface area contributed by atoms with Gasteiger partial charge >= 0.3 is 0 Å². The van der Waals surface area contributed by atoms with Gasteiger partial charge in [0.15, 0.2) is 0 Å². The van der Waals surface area contributed by atoms with Crippen molar-refractivity contribution in [2.45, 2.75) is 19.4 Å². The predicted octanol–water partition coefficient (Wildman–Crippen LogP) is 4.03. The molecule has 0 spiro atoms. The lowest BCUT2D eigenvalue weighted by Crippen LogP contribution is -2.32. The van der Waals surface area contributed by atoms with E-state index in [0.29, 0.717) is 30.1 Å². The summed E-state index contributed by atoms with van der Waals surface area (Å²) in [7, 11) is 0. The lowest BCUT2D eigenvalue weighted by atomic mass is 10.2. The number of carbonyl (C=O) groups is 2. The Morgan fingerprint density at radius 2 is 1.89 bits per heavy atom. The third kappa shape index (κ3) is 5.47. The molecule has 0 radical (unpaired) electrons. The molecular formula is C21H20FN3O2S. The third-order valence-electron chi connectivity index (χ3n) is 4.08. The molecule has 0 fully saturated rings. The summed E-state index contributed by atoms with van der Waals surface area (Å²) in [6, 6.07) is 14.9. The van der Waals surface area contributed by atoms with Crippen LogP contribution in [0.5, 0.6) is 0 Å². The fraction of sp³-hybridized carbons (Fsp3) is 0.190. The molecular weight excluding hydrogens is 377 g/mol. The van der Waals surface area contributed by atoms with Crippen LogP contribution in [0.4, 0.5) is 10.1 Å². The van der Waals surface area contributed by atoms with Crippen LogP contribution < -0.4 is 10.2 Å². The number of rotatable bonds is 8. The number of carbonyl (C=O) groups excluding carboxylic acids is 2. The number of pyridine rings is 1. The number of benzene rings is 1. The molecule has 144 valence electrons. The summed E-state index contributed by atoms with van der Waals surface area (Å²) in [5.41, 5.74) is 1.35. The van der Waals surface area contributed by atoms with E-state index >= 15 is 0 Å². The number of amides is 2. The highest BCUT2D eigenvalue weighted by molar-refractivity contribution is 7.12. The van der Waals surface area contributed by atoms with E-state index in [9.17, 15) is 14.0 Å². The summed E-state index contributed by atoms with van der Waals surface area (Å²) in [5, 5.41) is 4.66. The standard InChI is InChI=1S/C21H20FN3O2S/c22-16-8-10-18(11-9-16)25(15-17-5-1-2-12-23-17)20(26)7-3-13-24-21(27)19-6-4-14-28-19/h1-2,4-6,8-12,14H,3,7,13,15H2,(H,24,27). The zero-order valence-corrected chi connectivity index (χ0v) is 16.0. The highest BCUT2D eigenvalue weighted by Crippen LogP contribution is 2.19. The molecule has 1 N–H and O–H groups in total. The Kier molecular flexibility index (Phi) is 6.86. The maximum atomic E-state index is 13.3. The van der Waals surface area contributed by atoms with Crippen molar-refractivity contribution >= 4 is 28.8 Å². The molecule has 0 unspecified atom stereocenters. The first-order valence-electron chi connectivity index (χ1n) is 8.91. The van der Waals surface area contributed by atoms with E-state index in [1.165, 1.54) is 23.5 Å². The van der Waals surface area contributed by atoms with Gasteiger partial charge in [0.25, 0.3) is 5.91 Å². The average molecular weight is 397 g/mol. The molecule has 0 aliphatic carbocycles. The van der Waals surface area contributed by atoms with Crippen LogP contribution in [-0.2, 0) is 11.3 Å². The Morgan fingerprint density at radius 3 is 2.57 bits per heavy atom. The van der Waals surface area contributed by atoms with Crippen molar-refractivity contribution in [2.75, 3.05) is 11.4 Å². The molecule has 0 aliphatic heterocycles. The van der Waals surface area contributed by atoms with Crippen LogP contribution in [0.2, 0.25) is 0 Å². The van der Waals surface area contributed by atoms with Gasteiger partial charge in [0.2, 0.25) is 5.91 Å². The zero-order chi connectivity index (χ0) is 19.8. The smallest absolute Gasteiger partial charge is 0.261 e. The number of nitrogens with zero attached hydrogens (tertiary/aromatic N) is 2. The Bertz CT molecular complexity index is 899. The molecule has 2 amide bonds. The van der Waals surface area contributed by atoms with E-state index in [1.54, 1.807) is 29.3 Å². The van der Waals surface area contributed by atoms with E-state index in [-0.39, 0.29) is 24.1 Å². The lowest BCUT2D eigenvalue weighted by Gasteiger charge is -2.22. The molecule has 3 aromatic rings. The molecule has 28 heavy (non-hydrogen) atoms. The van der Waals surface area contributed by atoms with Crippen LogP contribution in [0.15, 0.2) is 66.2 Å². The Balaban J connectivity index is 1.59. The number of thiophene rings is 1. The van der Waals surface area contributed by atoms with Gasteiger partial charge in [0.05, 0.1) is 17.1 Å². The molecule has 3 rings (SSSR count). The first-order valence-corrected chi connectivity index (χ1v) is 9.79. The molecule has 0 saturated carbocycles. The van der Waals surface area contributed by atoms with Crippen molar-refractivity contribution in [3.8, 4) is 0 Å². The Labute approximate surface area is 166 Å². The summed E-state index contributed by atoms with van der Waals surface area (Å²) in [6.07, 6.45) is 2.44. The van der Waals surface area contributed by atoms with Crippen LogP contribution in [-0.4, -0.2) is 23.3 Å². The van der Waals surface area contributed by atoms with Gasteiger partial charge in [0, 0.05) is 24.8 Å². The summed E-state index contributed by atoms with van der Waals surface area (Å²) in [4.78, 5) is 31.2. The molecule has 2 heterocycles. The van der Waals surface area contributed by atoms with Crippen molar-refractivity contribution in [2.24, 2.45) is 0 Å². The first-order chi connectivity index (χ1) is 13.6. The topological polar surface area (TPSA) is 62.3 Å². The number of nitrogens with one attached hydrogen (secondary N) is 1. The minimum absolute atomic E-state index is 0.109. The van der Waals surface area contributed by atoms with Gasteiger partial charge in [-0.2, -0.15) is 0 Å². The van der Waals surface area contributed by atoms with Crippen LogP contribution in [0.3, 0.4) is 0 Å². The summed E-state index contributed by atoms with van der Waals surface area (Å²) < 4.78 is 13.3. The van der Waals surface area contributed by atoms with Crippen molar-refractivity contribution < 1.29 is 14.0 Å². The summed E-state index contributed by atoms with van der Waals surface area (Å²) in [6.45, 7) is 0.705. The normalized spacial score (nSPS) is 10.5. The fourth-order valence-corrected chi connectivity index (χ4v) is 3.31. The van der Waals surface area contributed by atoms with Gasteiger partial charge in [-0.05, 0) is 54.3 Å². The van der Waals surface area contributed by atoms with Crippen LogP contribution >= 0.6 is 11.3 Å². The number of halogens is 1. The summed E-state index contributed by atoms with van der Waals surface area (Å²) in [5.74, 6) is -0.598. The first kappa shape index (κ1) is 19.7. The number of hydrogen-bond acceptors (Lipinski definition) is 4. The van der Waals surface area contributed by atoms with Gasteiger partial charge in [-0.1, -0.05) is 12.1 Å². The average Bonchev–Trinajstić information content (AvgIpc) is 3.26. The molecule has 7 heteroatoms. The second-order valence-corrected chi connectivity index (χ2v) is 7.06. The van der Waals surface area contributed by atoms with E-state index in [0.717, 1.165) is 5.69 Å². The minimum atomic E-state index is -0.356. The van der Waals surface area contributed by atoms with Crippen molar-refractivity contribution in [1.29, 1.82) is 0 Å². The molecule has 0 aliphatic rings. The van der Waals surface area contributed by atoms with Crippen LogP contribution in [0.1, 0.15) is 28.2 Å². The van der Waals surface area contributed by atoms with Crippen molar-refractivity contribution in [1.82, 2.24) is 10.3 Å². The monoisotopic (exact) mass is 397 g/mol. The predicted molar refractivity (Wildman–Crippen MR) is 108 cm³/mol. The largest absolute Gasteiger partial charge is 0.351 e. The Morgan fingerprint density at radius 1 is 1.07 bits per heavy atom.